The fraction of sp³-hybridized carbons (Fsp3) is 0.333. The van der Waals surface area contributed by atoms with Gasteiger partial charge in [0.25, 0.3) is 8.32 Å². The molecule has 2 N–H and O–H groups in total. The molecule has 3 heterocycles. The van der Waals surface area contributed by atoms with Crippen molar-refractivity contribution in [2.45, 2.75) is 57.5 Å². The number of phenols is 1. The fourth-order valence-electron chi connectivity index (χ4n) is 9.27. The van der Waals surface area contributed by atoms with Crippen molar-refractivity contribution in [3.05, 3.63) is 123 Å². The lowest BCUT2D eigenvalue weighted by Gasteiger charge is -2.46. The van der Waals surface area contributed by atoms with Crippen LogP contribution in [0.4, 0.5) is 4.79 Å². The lowest BCUT2D eigenvalue weighted by Crippen LogP contribution is -2.66. The third-order valence-corrected chi connectivity index (χ3v) is 17.6. The molecule has 2 aliphatic heterocycles. The lowest BCUT2D eigenvalue weighted by molar-refractivity contribution is -0.137. The largest absolute Gasteiger partial charge is 0.504 e. The number of halogens is 1. The van der Waals surface area contributed by atoms with Crippen LogP contribution in [0.2, 0.25) is 11.4 Å². The third kappa shape index (κ3) is 8.17. The minimum Gasteiger partial charge on any atom is -0.504 e. The number of phenolic OH excluding ortho intramolecular Hbond substituents is 1. The molecular weight excluding hydrogens is 878 g/mol. The van der Waals surface area contributed by atoms with Crippen molar-refractivity contribution in [2.24, 2.45) is 17.8 Å². The number of fused-ring (bicyclic) bond motifs is 3. The summed E-state index contributed by atoms with van der Waals surface area (Å²) in [5.74, 6) is -3.15. The summed E-state index contributed by atoms with van der Waals surface area (Å²) in [5, 5.41) is 23.7. The van der Waals surface area contributed by atoms with E-state index in [0.29, 0.717) is 27.1 Å². The normalized spacial score (nSPS) is 21.0. The maximum atomic E-state index is 14.1. The highest BCUT2D eigenvalue weighted by Crippen LogP contribution is 2.51. The van der Waals surface area contributed by atoms with E-state index in [2.05, 4.69) is 72.6 Å². The predicted octanol–water partition coefficient (Wildman–Crippen LogP) is 6.86. The second-order valence-electron chi connectivity index (χ2n) is 16.2. The van der Waals surface area contributed by atoms with Crippen LogP contribution in [0.25, 0.3) is 11.6 Å². The minimum absolute atomic E-state index is 0.0568. The first-order valence-electron chi connectivity index (χ1n) is 19.7. The SMILES string of the molecule is COC(=O)N1C(=O)[C@@H]2[C@@H](CC(CO[Si](c3ccccc3)(c3ccccc3)C(C)(C)C)=C3[C@@H](CC/C(=C/c4cc(I)c(O)c(OC)c4)c4ccccn4)OB(O)C[C@@H]32)C1=O. The van der Waals surface area contributed by atoms with Gasteiger partial charge in [0.1, 0.15) is 0 Å². The van der Waals surface area contributed by atoms with Gasteiger partial charge in [-0.25, -0.2) is 4.79 Å². The minimum atomic E-state index is -3.07. The van der Waals surface area contributed by atoms with Gasteiger partial charge in [-0.3, -0.25) is 14.6 Å². The van der Waals surface area contributed by atoms with E-state index >= 15 is 0 Å². The molecule has 11 nitrogen and oxygen atoms in total. The smallest absolute Gasteiger partial charge is 0.455 e. The molecule has 0 unspecified atom stereocenters. The molecule has 0 saturated carbocycles. The van der Waals surface area contributed by atoms with Crippen molar-refractivity contribution in [3.8, 4) is 11.5 Å². The Balaban J connectivity index is 1.33. The number of ether oxygens (including phenoxy) is 2. The number of allylic oxidation sites excluding steroid dienone is 1. The number of carbonyl (C=O) groups excluding carboxylic acids is 3. The van der Waals surface area contributed by atoms with E-state index in [1.807, 2.05) is 66.7 Å². The van der Waals surface area contributed by atoms with Gasteiger partial charge in [0, 0.05) is 6.20 Å². The molecule has 14 heteroatoms. The molecule has 7 rings (SSSR count). The number of hydrogen-bond acceptors (Lipinski definition) is 10. The Labute approximate surface area is 359 Å². The summed E-state index contributed by atoms with van der Waals surface area (Å²) in [6.45, 7) is 6.74. The van der Waals surface area contributed by atoms with Crippen LogP contribution < -0.4 is 15.1 Å². The molecule has 1 aliphatic carbocycles. The number of pyridine rings is 1. The van der Waals surface area contributed by atoms with Crippen LogP contribution in [0.15, 0.2) is 108 Å². The van der Waals surface area contributed by atoms with Crippen molar-refractivity contribution in [2.75, 3.05) is 20.8 Å². The number of aromatic nitrogens is 1. The molecule has 306 valence electrons. The van der Waals surface area contributed by atoms with Crippen molar-refractivity contribution < 1.29 is 43.1 Å². The van der Waals surface area contributed by atoms with Gasteiger partial charge in [-0.1, -0.05) is 87.5 Å². The zero-order chi connectivity index (χ0) is 42.1. The van der Waals surface area contributed by atoms with E-state index in [0.717, 1.165) is 45.5 Å². The predicted molar refractivity (Wildman–Crippen MR) is 236 cm³/mol. The second kappa shape index (κ2) is 17.5. The molecule has 0 bridgehead atoms. The van der Waals surface area contributed by atoms with Crippen molar-refractivity contribution >= 4 is 78.0 Å². The molecule has 3 aromatic carbocycles. The zero-order valence-electron chi connectivity index (χ0n) is 33.8. The molecule has 59 heavy (non-hydrogen) atoms. The van der Waals surface area contributed by atoms with Gasteiger partial charge in [-0.15, -0.1) is 0 Å². The molecule has 0 spiro atoms. The van der Waals surface area contributed by atoms with Gasteiger partial charge < -0.3 is 28.7 Å². The van der Waals surface area contributed by atoms with E-state index in [1.165, 1.54) is 7.11 Å². The van der Waals surface area contributed by atoms with Crippen molar-refractivity contribution in [3.63, 3.8) is 0 Å². The first kappa shape index (κ1) is 42.5. The number of aromatic hydroxyl groups is 1. The standard InChI is InChI=1S/C45H48BIN2O9Si/c1-45(2,3)59(31-14-8-6-9-15-31,32-16-10-7-11-17-32)57-27-30-25-33-40(43(52)49(42(33)51)44(53)56-5)34-26-46(54)58-37(39(30)34)20-19-29(36-18-12-13-21-48-36)22-28-23-35(47)41(50)38(24-28)55-4/h6-18,21-24,33-34,37,40,50,54H,19-20,25-27H2,1-5H3/b29-22-/t33-,34+,37-,40-/m1/s1. The third-order valence-electron chi connectivity index (χ3n) is 11.8. The molecule has 4 aromatic rings. The van der Waals surface area contributed by atoms with E-state index in [1.54, 1.807) is 12.3 Å². The van der Waals surface area contributed by atoms with Crippen LogP contribution in [0, 0.1) is 21.3 Å². The number of benzene rings is 3. The first-order chi connectivity index (χ1) is 28.3. The molecule has 4 atom stereocenters. The molecule has 2 fully saturated rings. The number of likely N-dealkylation sites (tertiary alicyclic amines) is 1. The van der Waals surface area contributed by atoms with Crippen LogP contribution in [0.1, 0.15) is 51.3 Å². The summed E-state index contributed by atoms with van der Waals surface area (Å²) in [4.78, 5) is 46.3. The second-order valence-corrected chi connectivity index (χ2v) is 21.7. The van der Waals surface area contributed by atoms with Gasteiger partial charge in [0.05, 0.1) is 48.0 Å². The van der Waals surface area contributed by atoms with Crippen LogP contribution in [0.5, 0.6) is 11.5 Å². The monoisotopic (exact) mass is 926 g/mol. The highest BCUT2D eigenvalue weighted by atomic mass is 127. The molecule has 2 saturated heterocycles. The molecule has 1 aromatic heterocycles. The average molecular weight is 927 g/mol. The summed E-state index contributed by atoms with van der Waals surface area (Å²) < 4.78 is 24.9. The number of carbonyl (C=O) groups is 3. The topological polar surface area (TPSA) is 145 Å². The van der Waals surface area contributed by atoms with Crippen LogP contribution in [0.3, 0.4) is 0 Å². The zero-order valence-corrected chi connectivity index (χ0v) is 36.9. The Morgan fingerprint density at radius 1 is 0.983 bits per heavy atom. The summed E-state index contributed by atoms with van der Waals surface area (Å²) in [7, 11) is -1.65. The Morgan fingerprint density at radius 2 is 1.64 bits per heavy atom. The summed E-state index contributed by atoms with van der Waals surface area (Å²) in [6.07, 6.45) is 3.12. The maximum absolute atomic E-state index is 14.1. The number of hydrogen-bond donors (Lipinski definition) is 2. The molecule has 3 amide bonds. The lowest BCUT2D eigenvalue weighted by atomic mass is 9.58. The fourth-order valence-corrected chi connectivity index (χ4v) is 14.4. The highest BCUT2D eigenvalue weighted by Gasteiger charge is 2.60. The van der Waals surface area contributed by atoms with Crippen LogP contribution in [-0.4, -0.2) is 80.3 Å². The van der Waals surface area contributed by atoms with E-state index in [4.69, 9.17) is 18.6 Å². The first-order valence-corrected chi connectivity index (χ1v) is 22.7. The quantitative estimate of drug-likeness (QED) is 0.0709. The Kier molecular flexibility index (Phi) is 12.6. The van der Waals surface area contributed by atoms with Gasteiger partial charge in [-0.05, 0) is 122 Å². The highest BCUT2D eigenvalue weighted by molar-refractivity contribution is 14.1. The summed E-state index contributed by atoms with van der Waals surface area (Å²) >= 11 is 2.07. The number of amides is 3. The number of rotatable bonds is 11. The van der Waals surface area contributed by atoms with Gasteiger partial charge >= 0.3 is 13.2 Å². The summed E-state index contributed by atoms with van der Waals surface area (Å²) in [6, 6.07) is 29.9. The van der Waals surface area contributed by atoms with Crippen molar-refractivity contribution in [1.29, 1.82) is 0 Å². The Bertz CT molecular complexity index is 2230. The van der Waals surface area contributed by atoms with Gasteiger partial charge in [0.15, 0.2) is 11.5 Å². The molecular formula is C45H48BIN2O9Si. The molecule has 0 radical (unpaired) electrons. The Morgan fingerprint density at radius 3 is 2.24 bits per heavy atom. The molecule has 3 aliphatic rings. The average Bonchev–Trinajstić information content (AvgIpc) is 3.49. The van der Waals surface area contributed by atoms with E-state index in [-0.39, 0.29) is 30.1 Å². The van der Waals surface area contributed by atoms with Crippen LogP contribution >= 0.6 is 22.6 Å². The maximum Gasteiger partial charge on any atom is 0.455 e. The number of imide groups is 3. The van der Waals surface area contributed by atoms with E-state index in [9.17, 15) is 24.5 Å². The van der Waals surface area contributed by atoms with Gasteiger partial charge in [-0.2, -0.15) is 4.90 Å². The summed E-state index contributed by atoms with van der Waals surface area (Å²) in [5.41, 5.74) is 4.06. The number of methoxy groups -OCH3 is 2. The van der Waals surface area contributed by atoms with E-state index < -0.39 is 57.2 Å². The van der Waals surface area contributed by atoms with Crippen LogP contribution in [-0.2, 0) is 23.4 Å². The van der Waals surface area contributed by atoms with Crippen molar-refractivity contribution in [1.82, 2.24) is 9.88 Å². The Hall–Kier alpha value is -4.61. The van der Waals surface area contributed by atoms with Gasteiger partial charge in [0.2, 0.25) is 11.8 Å². The number of nitrogens with zero attached hydrogens (tertiary/aromatic N) is 2.